The molecule has 7 heterocycles. The Morgan fingerprint density at radius 3 is 1.71 bits per heavy atom. The first kappa shape index (κ1) is 41.0. The number of morpholine rings is 1. The molecule has 0 unspecified atom stereocenters. The number of aryl methyl sites for hydroxylation is 2. The van der Waals surface area contributed by atoms with E-state index in [4.69, 9.17) is 14.2 Å². The summed E-state index contributed by atoms with van der Waals surface area (Å²) in [6, 6.07) is 8.13. The van der Waals surface area contributed by atoms with Gasteiger partial charge in [-0.15, -0.1) is 22.7 Å². The average Bonchev–Trinajstić information content (AvgIpc) is 4.10. The molecule has 324 valence electrons. The molecule has 0 bridgehead atoms. The average molecular weight is 886 g/mol. The van der Waals surface area contributed by atoms with Gasteiger partial charge in [-0.25, -0.2) is 19.9 Å². The second kappa shape index (κ2) is 16.9. The summed E-state index contributed by atoms with van der Waals surface area (Å²) in [5.41, 5.74) is 8.60. The third-order valence-corrected chi connectivity index (χ3v) is 14.9. The van der Waals surface area contributed by atoms with Crippen molar-refractivity contribution in [3.8, 4) is 11.5 Å². The summed E-state index contributed by atoms with van der Waals surface area (Å²) in [5, 5.41) is 18.3. The van der Waals surface area contributed by atoms with Gasteiger partial charge >= 0.3 is 5.97 Å². The zero-order valence-corrected chi connectivity index (χ0v) is 37.1. The Morgan fingerprint density at radius 2 is 1.22 bits per heavy atom. The second-order valence-electron chi connectivity index (χ2n) is 16.7. The zero-order valence-electron chi connectivity index (χ0n) is 35.4. The molecule has 4 atom stereocenters. The first-order valence-electron chi connectivity index (χ1n) is 21.3. The van der Waals surface area contributed by atoms with E-state index < -0.39 is 5.97 Å². The number of benzene rings is 2. The van der Waals surface area contributed by atoms with E-state index in [2.05, 4.69) is 46.6 Å². The smallest absolute Gasteiger partial charge is 0.306 e. The van der Waals surface area contributed by atoms with Crippen LogP contribution in [0.1, 0.15) is 69.8 Å². The number of hydrogen-bond donors (Lipinski definition) is 3. The minimum absolute atomic E-state index is 0.00789. The van der Waals surface area contributed by atoms with Crippen LogP contribution in [0.15, 0.2) is 46.9 Å². The van der Waals surface area contributed by atoms with Crippen LogP contribution < -0.4 is 20.1 Å². The molecule has 3 N–H and O–H groups in total. The van der Waals surface area contributed by atoms with Gasteiger partial charge in [0.25, 0.3) is 0 Å². The summed E-state index contributed by atoms with van der Waals surface area (Å²) in [6.45, 7) is 6.78. The van der Waals surface area contributed by atoms with Gasteiger partial charge < -0.3 is 34.9 Å². The number of aromatic nitrogens is 4. The van der Waals surface area contributed by atoms with Crippen molar-refractivity contribution in [2.45, 2.75) is 77.7 Å². The van der Waals surface area contributed by atoms with Crippen molar-refractivity contribution in [2.24, 2.45) is 21.8 Å². The van der Waals surface area contributed by atoms with Crippen LogP contribution in [0, 0.1) is 11.8 Å². The van der Waals surface area contributed by atoms with E-state index in [0.29, 0.717) is 39.0 Å². The summed E-state index contributed by atoms with van der Waals surface area (Å²) in [7, 11) is 3.33. The lowest BCUT2D eigenvalue weighted by atomic mass is 9.86. The molecule has 0 radical (unpaired) electrons. The van der Waals surface area contributed by atoms with E-state index in [1.54, 1.807) is 49.5 Å². The van der Waals surface area contributed by atoms with Crippen molar-refractivity contribution < 1.29 is 28.9 Å². The van der Waals surface area contributed by atoms with E-state index in [9.17, 15) is 14.7 Å². The molecule has 0 spiro atoms. The highest BCUT2D eigenvalue weighted by molar-refractivity contribution is 7.19. The second-order valence-corrected chi connectivity index (χ2v) is 18.9. The molecule has 5 aliphatic rings. The predicted molar refractivity (Wildman–Crippen MR) is 245 cm³/mol. The molecule has 1 saturated heterocycles. The molecule has 11 rings (SSSR count). The minimum Gasteiger partial charge on any atom is -0.495 e. The first-order chi connectivity index (χ1) is 30.6. The molecule has 6 aromatic rings. The maximum absolute atomic E-state index is 13.4. The topological polar surface area (TPSA) is 186 Å². The zero-order chi connectivity index (χ0) is 43.4. The Balaban J connectivity index is 0.000000153. The van der Waals surface area contributed by atoms with Gasteiger partial charge in [-0.1, -0.05) is 0 Å². The van der Waals surface area contributed by atoms with E-state index in [-0.39, 0.29) is 30.0 Å². The molecular formula is C46H47N9O6S2. The number of aliphatic imine (C=N–C) groups is 2. The Bertz CT molecular complexity index is 2850. The lowest BCUT2D eigenvalue weighted by Crippen LogP contribution is -2.50. The Morgan fingerprint density at radius 1 is 0.730 bits per heavy atom. The quantitative estimate of drug-likeness (QED) is 0.136. The van der Waals surface area contributed by atoms with Crippen molar-refractivity contribution >= 4 is 90.4 Å². The highest BCUT2D eigenvalue weighted by atomic mass is 32.1. The molecule has 63 heavy (non-hydrogen) atoms. The fraction of sp³-hybridized carbons (Fsp3) is 0.391. The predicted octanol–water partition coefficient (Wildman–Crippen LogP) is 7.68. The Hall–Kier alpha value is -6.04. The standard InChI is InChI=1S/C26H29N5O3S.C20H18N4O3S/c1-14-11-31(12-15(2)34-14)26(32)16-4-5-19-22(8-16)35-25-23(19)24(28-13-29-25)30-20-6-17-9-27-10-18(17)7-21(20)33-3;1-27-15-5-12-8-21-7-11(12)4-14(15)24-18-17-13-3-2-10(20(25)26)6-16(13)28-19(17)23-9-22-18/h6-7,9,13-16H,4-5,8,10-12H2,1-3H3,(H,28,29,30);4-5,7,9-10H,2-3,6,8H2,1H3,(H,25,26)(H,22,23,24)/t14-,15+,16-;10-/m00/s1. The van der Waals surface area contributed by atoms with Crippen LogP contribution in [-0.4, -0.2) is 93.8 Å². The summed E-state index contributed by atoms with van der Waals surface area (Å²) < 4.78 is 17.0. The maximum atomic E-state index is 13.4. The van der Waals surface area contributed by atoms with Gasteiger partial charge in [0, 0.05) is 41.2 Å². The fourth-order valence-electron chi connectivity index (χ4n) is 9.51. The van der Waals surface area contributed by atoms with Crippen LogP contribution in [-0.2, 0) is 53.1 Å². The van der Waals surface area contributed by atoms with E-state index in [1.807, 2.05) is 49.4 Å². The van der Waals surface area contributed by atoms with E-state index >= 15 is 0 Å². The van der Waals surface area contributed by atoms with Crippen LogP contribution in [0.2, 0.25) is 0 Å². The molecule has 15 nitrogen and oxygen atoms in total. The molecule has 4 aromatic heterocycles. The number of carboxylic acids is 1. The molecule has 2 aromatic carbocycles. The van der Waals surface area contributed by atoms with Gasteiger partial charge in [0.15, 0.2) is 0 Å². The molecule has 1 amide bonds. The molecular weight excluding hydrogens is 839 g/mol. The fourth-order valence-corrected chi connectivity index (χ4v) is 12.0. The number of nitrogens with zero attached hydrogens (tertiary/aromatic N) is 7. The van der Waals surface area contributed by atoms with Crippen LogP contribution in [0.3, 0.4) is 0 Å². The van der Waals surface area contributed by atoms with Crippen molar-refractivity contribution in [2.75, 3.05) is 37.9 Å². The number of carboxylic acid groups (broad SMARTS) is 1. The number of carbonyl (C=O) groups is 2. The van der Waals surface area contributed by atoms with Crippen molar-refractivity contribution in [3.63, 3.8) is 0 Å². The van der Waals surface area contributed by atoms with E-state index in [0.717, 1.165) is 108 Å². The molecule has 0 saturated carbocycles. The lowest BCUT2D eigenvalue weighted by molar-refractivity contribution is -0.147. The number of methoxy groups -OCH3 is 2. The summed E-state index contributed by atoms with van der Waals surface area (Å²) in [6.07, 6.45) is 11.4. The minimum atomic E-state index is -0.725. The number of thiophene rings is 2. The summed E-state index contributed by atoms with van der Waals surface area (Å²) >= 11 is 3.25. The van der Waals surface area contributed by atoms with Crippen LogP contribution >= 0.6 is 22.7 Å². The third kappa shape index (κ3) is 7.86. The summed E-state index contributed by atoms with van der Waals surface area (Å²) in [4.78, 5) is 57.7. The Kier molecular flexibility index (Phi) is 11.0. The van der Waals surface area contributed by atoms with Gasteiger partial charge in [-0.3, -0.25) is 19.6 Å². The van der Waals surface area contributed by atoms with Crippen LogP contribution in [0.5, 0.6) is 11.5 Å². The van der Waals surface area contributed by atoms with Crippen molar-refractivity contribution in [1.29, 1.82) is 0 Å². The molecule has 2 aliphatic carbocycles. The highest BCUT2D eigenvalue weighted by Crippen LogP contribution is 2.44. The SMILES string of the molecule is COc1cc2c(cc1Nc1ncnc3sc4c(c13)CC[C@H](C(=O)N1C[C@@H](C)O[C@@H](C)C1)C4)C=NC2.COc1cc2c(cc1Nc1ncnc3sc4c(c13)CC[C@H](C(=O)O)C4)C=NC2. The first-order valence-corrected chi connectivity index (χ1v) is 22.9. The number of nitrogens with one attached hydrogen (secondary N) is 2. The van der Waals surface area contributed by atoms with Crippen molar-refractivity contribution in [1.82, 2.24) is 24.8 Å². The molecule has 3 aliphatic heterocycles. The van der Waals surface area contributed by atoms with Gasteiger partial charge in [0.2, 0.25) is 5.91 Å². The molecule has 1 fully saturated rings. The summed E-state index contributed by atoms with van der Waals surface area (Å²) in [5.74, 6) is 2.23. The third-order valence-electron chi connectivity index (χ3n) is 12.5. The number of rotatable bonds is 8. The van der Waals surface area contributed by atoms with Gasteiger partial charge in [0.05, 0.1) is 67.6 Å². The number of anilines is 4. The highest BCUT2D eigenvalue weighted by Gasteiger charge is 2.35. The largest absolute Gasteiger partial charge is 0.495 e. The Labute approximate surface area is 371 Å². The van der Waals surface area contributed by atoms with Gasteiger partial charge in [-0.2, -0.15) is 0 Å². The number of amides is 1. The normalized spacial score (nSPS) is 20.7. The number of carbonyl (C=O) groups excluding carboxylic acids is 1. The van der Waals surface area contributed by atoms with Gasteiger partial charge in [0.1, 0.15) is 45.5 Å². The maximum Gasteiger partial charge on any atom is 0.306 e. The van der Waals surface area contributed by atoms with Gasteiger partial charge in [-0.05, 0) is 110 Å². The molecule has 17 heteroatoms. The lowest BCUT2D eigenvalue weighted by Gasteiger charge is -2.37. The monoisotopic (exact) mass is 885 g/mol. The number of aliphatic carboxylic acids is 1. The van der Waals surface area contributed by atoms with E-state index in [1.165, 1.54) is 16.0 Å². The van der Waals surface area contributed by atoms with Crippen LogP contribution in [0.25, 0.3) is 20.4 Å². The number of fused-ring (bicyclic) bond motifs is 8. The number of hydrogen-bond acceptors (Lipinski definition) is 15. The van der Waals surface area contributed by atoms with Crippen LogP contribution in [0.4, 0.5) is 23.0 Å². The van der Waals surface area contributed by atoms with Crippen molar-refractivity contribution in [3.05, 3.63) is 80.1 Å². The number of ether oxygens (including phenoxy) is 3.